The number of carbonyl (C=O) groups is 4. The predicted octanol–water partition coefficient (Wildman–Crippen LogP) is 7.08. The number of thiazole rings is 1. The molecule has 67 heavy (non-hydrogen) atoms. The third-order valence-electron chi connectivity index (χ3n) is 12.6. The Labute approximate surface area is 386 Å². The quantitative estimate of drug-likeness (QED) is 0.139. The maximum atomic E-state index is 15.0. The Hall–Kier alpha value is -5.29. The van der Waals surface area contributed by atoms with Crippen molar-refractivity contribution in [3.63, 3.8) is 0 Å². The van der Waals surface area contributed by atoms with Crippen molar-refractivity contribution < 1.29 is 68.1 Å². The SMILES string of the molecule is CC[C@@H]1O[C@H](C)CC/C=C\[C@@H]2C[C@@]2(C(=O)NS(=O)(=O)C2(C)CC2)NC(=O)[C@@H]2C[C@@H](Oc3cc(-c4ccc(C(F)(F)F)cc4)nc(-c4nccs4)c3)CN2C(=O)[C@H]1NC(=O)OC(C)(C)C(F)(F)F. The van der Waals surface area contributed by atoms with Gasteiger partial charge in [0.15, 0.2) is 0 Å². The highest BCUT2D eigenvalue weighted by Gasteiger charge is 2.63. The predicted molar refractivity (Wildman–Crippen MR) is 231 cm³/mol. The molecule has 3 N–H and O–H groups in total. The molecule has 7 rings (SSSR count). The average molecular weight is 985 g/mol. The van der Waals surface area contributed by atoms with Crippen LogP contribution in [0.1, 0.15) is 85.1 Å². The van der Waals surface area contributed by atoms with Crippen molar-refractivity contribution in [2.75, 3.05) is 6.54 Å². The highest BCUT2D eigenvalue weighted by Crippen LogP contribution is 2.48. The Balaban J connectivity index is 1.26. The van der Waals surface area contributed by atoms with Gasteiger partial charge in [0.25, 0.3) is 5.91 Å². The molecular formula is C44H50F6N6O9S2. The van der Waals surface area contributed by atoms with Crippen molar-refractivity contribution in [1.82, 2.24) is 30.2 Å². The van der Waals surface area contributed by atoms with Crippen LogP contribution in [0.25, 0.3) is 22.0 Å². The van der Waals surface area contributed by atoms with Crippen molar-refractivity contribution in [3.05, 3.63) is 65.7 Å². The van der Waals surface area contributed by atoms with Gasteiger partial charge < -0.3 is 29.7 Å². The highest BCUT2D eigenvalue weighted by molar-refractivity contribution is 7.91. The summed E-state index contributed by atoms with van der Waals surface area (Å²) in [5, 5.41) is 7.12. The minimum Gasteiger partial charge on any atom is -0.488 e. The number of hydrogen-bond donors (Lipinski definition) is 3. The number of allylic oxidation sites excluding steroid dienone is 1. The maximum Gasteiger partial charge on any atom is 0.427 e. The number of nitrogens with zero attached hydrogens (tertiary/aromatic N) is 3. The Morgan fingerprint density at radius 2 is 1.75 bits per heavy atom. The summed E-state index contributed by atoms with van der Waals surface area (Å²) in [5.74, 6) is -3.41. The number of rotatable bonds is 10. The molecule has 23 heteroatoms. The van der Waals surface area contributed by atoms with E-state index in [1.165, 1.54) is 48.7 Å². The van der Waals surface area contributed by atoms with Crippen LogP contribution in [0.3, 0.4) is 0 Å². The van der Waals surface area contributed by atoms with E-state index in [4.69, 9.17) is 14.2 Å². The van der Waals surface area contributed by atoms with Crippen LogP contribution in [0, 0.1) is 5.92 Å². The largest absolute Gasteiger partial charge is 0.488 e. The molecule has 0 bridgehead atoms. The summed E-state index contributed by atoms with van der Waals surface area (Å²) in [6.07, 6.45) is -7.93. The summed E-state index contributed by atoms with van der Waals surface area (Å²) in [6.45, 7) is 5.69. The van der Waals surface area contributed by atoms with Gasteiger partial charge in [0.05, 0.1) is 34.8 Å². The van der Waals surface area contributed by atoms with Crippen LogP contribution in [0.5, 0.6) is 5.75 Å². The molecule has 4 amide bonds. The lowest BCUT2D eigenvalue weighted by Gasteiger charge is -2.35. The van der Waals surface area contributed by atoms with Crippen molar-refractivity contribution >= 4 is 45.2 Å². The molecule has 0 radical (unpaired) electrons. The second-order valence-corrected chi connectivity index (χ2v) is 21.1. The van der Waals surface area contributed by atoms with Crippen LogP contribution in [0.2, 0.25) is 0 Å². The lowest BCUT2D eigenvalue weighted by atomic mass is 10.0. The Kier molecular flexibility index (Phi) is 13.6. The van der Waals surface area contributed by atoms with Gasteiger partial charge >= 0.3 is 18.4 Å². The lowest BCUT2D eigenvalue weighted by molar-refractivity contribution is -0.244. The van der Waals surface area contributed by atoms with Crippen molar-refractivity contribution in [3.8, 4) is 27.7 Å². The van der Waals surface area contributed by atoms with Gasteiger partial charge in [-0.05, 0) is 78.4 Å². The van der Waals surface area contributed by atoms with E-state index >= 15 is 0 Å². The second-order valence-electron chi connectivity index (χ2n) is 18.0. The van der Waals surface area contributed by atoms with Crippen LogP contribution in [-0.2, 0) is 40.1 Å². The molecule has 1 aromatic carbocycles. The highest BCUT2D eigenvalue weighted by atomic mass is 32.2. The zero-order valence-corrected chi connectivity index (χ0v) is 38.6. The fraction of sp³-hybridized carbons (Fsp3) is 0.545. The molecule has 2 saturated carbocycles. The Morgan fingerprint density at radius 1 is 1.06 bits per heavy atom. The van der Waals surface area contributed by atoms with E-state index in [0.29, 0.717) is 44.5 Å². The zero-order chi connectivity index (χ0) is 48.9. The number of nitrogens with one attached hydrogen (secondary N) is 3. The number of amides is 4. The van der Waals surface area contributed by atoms with Gasteiger partial charge in [-0.3, -0.25) is 19.1 Å². The van der Waals surface area contributed by atoms with Crippen molar-refractivity contribution in [2.24, 2.45) is 5.92 Å². The van der Waals surface area contributed by atoms with E-state index in [0.717, 1.165) is 17.0 Å². The molecule has 7 atom stereocenters. The molecule has 3 aromatic rings. The monoisotopic (exact) mass is 984 g/mol. The number of fused-ring (bicyclic) bond motifs is 2. The van der Waals surface area contributed by atoms with Crippen LogP contribution in [0.15, 0.2) is 60.1 Å². The van der Waals surface area contributed by atoms with Crippen LogP contribution >= 0.6 is 11.3 Å². The summed E-state index contributed by atoms with van der Waals surface area (Å²) in [5.41, 5.74) is -4.88. The molecule has 2 aromatic heterocycles. The Bertz CT molecular complexity index is 2500. The van der Waals surface area contributed by atoms with Crippen LogP contribution < -0.4 is 20.1 Å². The maximum absolute atomic E-state index is 15.0. The molecule has 0 unspecified atom stereocenters. The zero-order valence-electron chi connectivity index (χ0n) is 37.0. The number of benzene rings is 1. The summed E-state index contributed by atoms with van der Waals surface area (Å²) in [6, 6.07) is 3.99. The van der Waals surface area contributed by atoms with E-state index in [-0.39, 0.29) is 48.5 Å². The Morgan fingerprint density at radius 3 is 2.36 bits per heavy atom. The fourth-order valence-corrected chi connectivity index (χ4v) is 9.86. The standard InChI is InChI=1S/C44H50F6N6O9S2/c1-6-33-34(53-39(60)65-40(3,4)44(48,49)50)37(58)56-23-29(64-28-19-30(52-31(20-28)36-51-17-18-66-36)25-11-13-26(14-12-25)43(45,46)47)21-32(56)35(57)54-42(22-27(42)10-8-7-9-24(2)63-33)38(59)55-67(61,62)41(5)15-16-41/h8,10-14,17-20,24,27,29,32-34H,6-7,9,15-16,21-23H2,1-5H3,(H,53,60)(H,54,57)(H,55,59)/b10-8-/t24-,27-,29-,32+,33+,34+,42-/m1/s1. The van der Waals surface area contributed by atoms with E-state index < -0.39 is 104 Å². The van der Waals surface area contributed by atoms with Gasteiger partial charge in [0.1, 0.15) is 40.2 Å². The first-order valence-electron chi connectivity index (χ1n) is 21.6. The van der Waals surface area contributed by atoms with Gasteiger partial charge in [0, 0.05) is 41.6 Å². The molecule has 364 valence electrons. The number of alkyl carbamates (subject to hydrolysis) is 1. The first-order chi connectivity index (χ1) is 31.3. The number of aromatic nitrogens is 2. The van der Waals surface area contributed by atoms with E-state index in [9.17, 15) is 53.9 Å². The number of carbonyl (C=O) groups excluding carboxylic acids is 4. The second kappa shape index (κ2) is 18.3. The van der Waals surface area contributed by atoms with Gasteiger partial charge in [-0.2, -0.15) is 26.3 Å². The van der Waals surface area contributed by atoms with Crippen LogP contribution in [-0.4, -0.2) is 106 Å². The molecule has 3 fully saturated rings. The van der Waals surface area contributed by atoms with E-state index in [2.05, 4.69) is 25.3 Å². The van der Waals surface area contributed by atoms with Gasteiger partial charge in [-0.15, -0.1) is 11.3 Å². The van der Waals surface area contributed by atoms with Gasteiger partial charge in [-0.25, -0.2) is 23.2 Å². The molecule has 15 nitrogen and oxygen atoms in total. The van der Waals surface area contributed by atoms with Crippen LogP contribution in [0.4, 0.5) is 31.1 Å². The average Bonchev–Trinajstić information content (AvgIpc) is 4.00. The summed E-state index contributed by atoms with van der Waals surface area (Å²) < 4.78 is 127. The number of alkyl halides is 6. The third-order valence-corrected chi connectivity index (χ3v) is 15.5. The molecule has 2 aliphatic carbocycles. The molecule has 4 heterocycles. The van der Waals surface area contributed by atoms with E-state index in [1.807, 2.05) is 0 Å². The summed E-state index contributed by atoms with van der Waals surface area (Å²) >= 11 is 1.22. The van der Waals surface area contributed by atoms with Gasteiger partial charge in [0.2, 0.25) is 27.4 Å². The molecular weight excluding hydrogens is 935 g/mol. The van der Waals surface area contributed by atoms with Gasteiger partial charge in [-0.1, -0.05) is 31.2 Å². The van der Waals surface area contributed by atoms with Crippen molar-refractivity contribution in [1.29, 1.82) is 0 Å². The number of halogens is 6. The minimum atomic E-state index is -5.00. The topological polar surface area (TPSA) is 195 Å². The van der Waals surface area contributed by atoms with Crippen molar-refractivity contribution in [2.45, 2.75) is 138 Å². The number of sulfonamides is 1. The van der Waals surface area contributed by atoms with E-state index in [1.54, 1.807) is 31.4 Å². The normalized spacial score (nSPS) is 27.3. The number of hydrogen-bond acceptors (Lipinski definition) is 12. The molecule has 1 saturated heterocycles. The summed E-state index contributed by atoms with van der Waals surface area (Å²) in [7, 11) is -4.17. The lowest BCUT2D eigenvalue weighted by Crippen LogP contribution is -2.61. The number of ether oxygens (including phenoxy) is 3. The first-order valence-corrected chi connectivity index (χ1v) is 24.0. The molecule has 4 aliphatic rings. The third kappa shape index (κ3) is 10.7. The number of pyridine rings is 1. The smallest absolute Gasteiger partial charge is 0.427 e. The molecule has 2 aliphatic heterocycles. The fourth-order valence-electron chi connectivity index (χ4n) is 7.95. The minimum absolute atomic E-state index is 0.00610. The molecule has 0 spiro atoms. The first kappa shape index (κ1) is 49.6. The summed E-state index contributed by atoms with van der Waals surface area (Å²) in [4.78, 5) is 67.0.